The van der Waals surface area contributed by atoms with E-state index in [2.05, 4.69) is 9.97 Å². The zero-order chi connectivity index (χ0) is 14.7. The van der Waals surface area contributed by atoms with Gasteiger partial charge in [-0.2, -0.15) is 4.98 Å². The summed E-state index contributed by atoms with van der Waals surface area (Å²) in [5.74, 6) is -1.14. The lowest BCUT2D eigenvalue weighted by Gasteiger charge is -2.10. The van der Waals surface area contributed by atoms with E-state index in [1.54, 1.807) is 0 Å². The Morgan fingerprint density at radius 3 is 2.80 bits per heavy atom. The first-order valence-electron chi connectivity index (χ1n) is 5.29. The Balaban J connectivity index is 2.47. The number of benzene rings is 1. The van der Waals surface area contributed by atoms with Gasteiger partial charge in [0.25, 0.3) is 5.88 Å². The van der Waals surface area contributed by atoms with E-state index >= 15 is 0 Å². The molecular weight excluding hydrogens is 271 g/mol. The minimum absolute atomic E-state index is 0.00319. The number of nitrogens with two attached hydrogens (primary N) is 1. The number of nitro benzene ring substituents is 1. The number of methoxy groups -OCH3 is 1. The normalized spacial score (nSPS) is 10.1. The van der Waals surface area contributed by atoms with Crippen LogP contribution in [-0.4, -0.2) is 22.0 Å². The van der Waals surface area contributed by atoms with Gasteiger partial charge in [-0.05, 0) is 6.07 Å². The molecule has 0 saturated carbocycles. The number of hydrogen-bond acceptors (Lipinski definition) is 7. The molecule has 9 heteroatoms. The minimum Gasteiger partial charge on any atom is -0.489 e. The van der Waals surface area contributed by atoms with Crippen LogP contribution in [0.1, 0.15) is 0 Å². The number of hydrogen-bond donors (Lipinski definition) is 1. The molecular formula is C11H9FN4O4. The zero-order valence-electron chi connectivity index (χ0n) is 10.2. The van der Waals surface area contributed by atoms with E-state index in [9.17, 15) is 14.5 Å². The van der Waals surface area contributed by atoms with Gasteiger partial charge < -0.3 is 15.2 Å². The van der Waals surface area contributed by atoms with Crippen molar-refractivity contribution >= 4 is 11.5 Å². The van der Waals surface area contributed by atoms with Gasteiger partial charge in [0, 0.05) is 12.1 Å². The number of nitrogen functional groups attached to an aromatic ring is 1. The summed E-state index contributed by atoms with van der Waals surface area (Å²) < 4.78 is 23.3. The minimum atomic E-state index is -0.703. The number of nitro groups is 1. The molecule has 2 rings (SSSR count). The van der Waals surface area contributed by atoms with Gasteiger partial charge in [0.2, 0.25) is 11.5 Å². The molecule has 8 nitrogen and oxygen atoms in total. The van der Waals surface area contributed by atoms with Gasteiger partial charge in [-0.15, -0.1) is 0 Å². The molecule has 0 aliphatic heterocycles. The Labute approximate surface area is 112 Å². The van der Waals surface area contributed by atoms with Crippen LogP contribution in [0.5, 0.6) is 17.4 Å². The molecule has 20 heavy (non-hydrogen) atoms. The summed E-state index contributed by atoms with van der Waals surface area (Å²) in [5.41, 5.74) is 5.14. The van der Waals surface area contributed by atoms with E-state index in [4.69, 9.17) is 15.2 Å². The van der Waals surface area contributed by atoms with Crippen LogP contribution in [0.2, 0.25) is 0 Å². The van der Waals surface area contributed by atoms with Gasteiger partial charge in [-0.1, -0.05) is 0 Å². The Bertz CT molecular complexity index is 665. The second kappa shape index (κ2) is 5.34. The average molecular weight is 280 g/mol. The molecule has 0 unspecified atom stereocenters. The molecule has 0 aliphatic rings. The van der Waals surface area contributed by atoms with Crippen LogP contribution in [0, 0.1) is 15.9 Å². The highest BCUT2D eigenvalue weighted by Gasteiger charge is 2.20. The van der Waals surface area contributed by atoms with E-state index in [0.29, 0.717) is 0 Å². The Hall–Kier alpha value is -2.97. The molecule has 1 heterocycles. The molecule has 0 amide bonds. The number of ether oxygens (including phenoxy) is 2. The lowest BCUT2D eigenvalue weighted by molar-refractivity contribution is -0.385. The fraction of sp³-hybridized carbons (Fsp3) is 0.0909. The molecule has 0 atom stereocenters. The average Bonchev–Trinajstić information content (AvgIpc) is 2.38. The van der Waals surface area contributed by atoms with E-state index in [-0.39, 0.29) is 23.2 Å². The van der Waals surface area contributed by atoms with E-state index in [1.165, 1.54) is 7.11 Å². The third-order valence-electron chi connectivity index (χ3n) is 2.33. The monoisotopic (exact) mass is 280 g/mol. The second-order valence-electron chi connectivity index (χ2n) is 3.57. The number of aromatic nitrogens is 2. The summed E-state index contributed by atoms with van der Waals surface area (Å²) in [5, 5.41) is 10.9. The number of anilines is 1. The highest BCUT2D eigenvalue weighted by atomic mass is 19.1. The van der Waals surface area contributed by atoms with Crippen molar-refractivity contribution in [1.29, 1.82) is 0 Å². The lowest BCUT2D eigenvalue weighted by Crippen LogP contribution is -2.01. The fourth-order valence-corrected chi connectivity index (χ4v) is 1.46. The summed E-state index contributed by atoms with van der Waals surface area (Å²) in [6.07, 6.45) is 1.10. The number of halogens is 1. The molecule has 2 N–H and O–H groups in total. The molecule has 2 aromatic rings. The topological polar surface area (TPSA) is 113 Å². The Morgan fingerprint density at radius 1 is 1.40 bits per heavy atom. The largest absolute Gasteiger partial charge is 0.489 e. The van der Waals surface area contributed by atoms with Crippen LogP contribution in [0.15, 0.2) is 24.5 Å². The maximum atomic E-state index is 13.2. The molecule has 0 fully saturated rings. The standard InChI is InChI=1S/C11H9FN4O4/c1-19-9-10(13)14-5-15-11(9)20-8-4-6(12)2-3-7(8)16(17)18/h2-5H,1H3,(H2,13,14,15). The molecule has 1 aromatic carbocycles. The molecule has 1 aromatic heterocycles. The van der Waals surface area contributed by atoms with Crippen LogP contribution in [0.25, 0.3) is 0 Å². The van der Waals surface area contributed by atoms with Gasteiger partial charge in [0.15, 0.2) is 5.82 Å². The number of rotatable bonds is 4. The van der Waals surface area contributed by atoms with Crippen LogP contribution in [-0.2, 0) is 0 Å². The van der Waals surface area contributed by atoms with Crippen molar-refractivity contribution in [2.75, 3.05) is 12.8 Å². The predicted molar refractivity (Wildman–Crippen MR) is 66.1 cm³/mol. The van der Waals surface area contributed by atoms with Gasteiger partial charge in [-0.25, -0.2) is 9.37 Å². The highest BCUT2D eigenvalue weighted by Crippen LogP contribution is 2.36. The van der Waals surface area contributed by atoms with Gasteiger partial charge in [0.05, 0.1) is 12.0 Å². The van der Waals surface area contributed by atoms with Crippen LogP contribution in [0.4, 0.5) is 15.9 Å². The van der Waals surface area contributed by atoms with Gasteiger partial charge >= 0.3 is 5.69 Å². The predicted octanol–water partition coefficient (Wildman–Crippen LogP) is 1.91. The molecule has 0 spiro atoms. The summed E-state index contributed by atoms with van der Waals surface area (Å²) >= 11 is 0. The van der Waals surface area contributed by atoms with Gasteiger partial charge in [-0.3, -0.25) is 10.1 Å². The molecule has 0 aliphatic carbocycles. The van der Waals surface area contributed by atoms with Crippen LogP contribution >= 0.6 is 0 Å². The lowest BCUT2D eigenvalue weighted by atomic mass is 10.3. The third kappa shape index (κ3) is 2.55. The molecule has 0 saturated heterocycles. The Kier molecular flexibility index (Phi) is 3.60. The summed E-state index contributed by atoms with van der Waals surface area (Å²) in [6.45, 7) is 0. The van der Waals surface area contributed by atoms with Crippen molar-refractivity contribution < 1.29 is 18.8 Å². The quantitative estimate of drug-likeness (QED) is 0.672. The molecule has 104 valence electrons. The van der Waals surface area contributed by atoms with E-state index in [0.717, 1.165) is 24.5 Å². The second-order valence-corrected chi connectivity index (χ2v) is 3.57. The Morgan fingerprint density at radius 2 is 2.15 bits per heavy atom. The molecule has 0 bridgehead atoms. The van der Waals surface area contributed by atoms with Crippen molar-refractivity contribution in [3.8, 4) is 17.4 Å². The smallest absolute Gasteiger partial charge is 0.311 e. The first-order valence-corrected chi connectivity index (χ1v) is 5.29. The van der Waals surface area contributed by atoms with E-state index in [1.807, 2.05) is 0 Å². The fourth-order valence-electron chi connectivity index (χ4n) is 1.46. The number of nitrogens with zero attached hydrogens (tertiary/aromatic N) is 3. The summed E-state index contributed by atoms with van der Waals surface area (Å²) in [7, 11) is 1.31. The van der Waals surface area contributed by atoms with Crippen molar-refractivity contribution in [2.45, 2.75) is 0 Å². The maximum Gasteiger partial charge on any atom is 0.311 e. The third-order valence-corrected chi connectivity index (χ3v) is 2.33. The van der Waals surface area contributed by atoms with Crippen LogP contribution < -0.4 is 15.2 Å². The maximum absolute atomic E-state index is 13.2. The summed E-state index contributed by atoms with van der Waals surface area (Å²) in [6, 6.07) is 2.81. The summed E-state index contributed by atoms with van der Waals surface area (Å²) in [4.78, 5) is 17.6. The first kappa shape index (κ1) is 13.5. The van der Waals surface area contributed by atoms with Gasteiger partial charge in [0.1, 0.15) is 12.1 Å². The SMILES string of the molecule is COc1c(N)ncnc1Oc1cc(F)ccc1[N+](=O)[O-]. The van der Waals surface area contributed by atoms with Crippen molar-refractivity contribution in [3.63, 3.8) is 0 Å². The first-order chi connectivity index (χ1) is 9.52. The molecule has 0 radical (unpaired) electrons. The van der Waals surface area contributed by atoms with E-state index < -0.39 is 16.4 Å². The highest BCUT2D eigenvalue weighted by molar-refractivity contribution is 5.55. The zero-order valence-corrected chi connectivity index (χ0v) is 10.2. The van der Waals surface area contributed by atoms with Crippen molar-refractivity contribution in [2.24, 2.45) is 0 Å². The van der Waals surface area contributed by atoms with Crippen molar-refractivity contribution in [3.05, 3.63) is 40.5 Å². The van der Waals surface area contributed by atoms with Crippen LogP contribution in [0.3, 0.4) is 0 Å². The van der Waals surface area contributed by atoms with Crippen molar-refractivity contribution in [1.82, 2.24) is 9.97 Å².